The van der Waals surface area contributed by atoms with Crippen molar-refractivity contribution in [3.8, 4) is 0 Å². The van der Waals surface area contributed by atoms with Crippen LogP contribution in [0.25, 0.3) is 0 Å². The van der Waals surface area contributed by atoms with Gasteiger partial charge in [0.25, 0.3) is 0 Å². The second kappa shape index (κ2) is 6.60. The van der Waals surface area contributed by atoms with Crippen LogP contribution < -0.4 is 4.90 Å². The summed E-state index contributed by atoms with van der Waals surface area (Å²) in [6.45, 7) is 8.86. The summed E-state index contributed by atoms with van der Waals surface area (Å²) in [5, 5.41) is 9.50. The van der Waals surface area contributed by atoms with Gasteiger partial charge in [-0.05, 0) is 46.8 Å². The molecule has 0 saturated carbocycles. The maximum atomic E-state index is 12.7. The van der Waals surface area contributed by atoms with Gasteiger partial charge in [-0.1, -0.05) is 29.0 Å². The lowest BCUT2D eigenvalue weighted by Gasteiger charge is -2.25. The molecule has 2 rings (SSSR count). The summed E-state index contributed by atoms with van der Waals surface area (Å²) in [5.74, 6) is -1.07. The van der Waals surface area contributed by atoms with Gasteiger partial charge in [0.05, 0.1) is 11.4 Å². The van der Waals surface area contributed by atoms with E-state index in [1.165, 1.54) is 4.90 Å². The quantitative estimate of drug-likeness (QED) is 0.881. The fraction of sp³-hybridized carbons (Fsp3) is 0.353. The summed E-state index contributed by atoms with van der Waals surface area (Å²) >= 11 is 0.944. The van der Waals surface area contributed by atoms with Crippen molar-refractivity contribution >= 4 is 34.2 Å². The van der Waals surface area contributed by atoms with E-state index in [1.54, 1.807) is 39.8 Å². The standard InChI is InChI=1S/C17H20N2O4S/c1-10-6-8-12(9-7-10)19(16(22)23-17(3,4)5)15-18-11(2)13(24-15)14(20)21/h6-9H,1-5H3,(H,20,21). The number of nitrogens with zero attached hydrogens (tertiary/aromatic N) is 2. The number of aromatic nitrogens is 1. The van der Waals surface area contributed by atoms with E-state index >= 15 is 0 Å². The Bertz CT molecular complexity index is 760. The smallest absolute Gasteiger partial charge is 0.421 e. The van der Waals surface area contributed by atoms with E-state index in [0.29, 0.717) is 11.4 Å². The number of carbonyl (C=O) groups excluding carboxylic acids is 1. The van der Waals surface area contributed by atoms with E-state index in [-0.39, 0.29) is 10.0 Å². The van der Waals surface area contributed by atoms with Crippen molar-refractivity contribution in [2.45, 2.75) is 40.2 Å². The number of hydrogen-bond donors (Lipinski definition) is 1. The summed E-state index contributed by atoms with van der Waals surface area (Å²) in [4.78, 5) is 29.6. The molecule has 24 heavy (non-hydrogen) atoms. The fourth-order valence-corrected chi connectivity index (χ4v) is 2.89. The zero-order chi connectivity index (χ0) is 18.1. The minimum absolute atomic E-state index is 0.102. The fourth-order valence-electron chi connectivity index (χ4n) is 1.97. The second-order valence-corrected chi connectivity index (χ2v) is 7.34. The molecule has 0 aliphatic carbocycles. The number of ether oxygens (including phenoxy) is 1. The average molecular weight is 348 g/mol. The van der Waals surface area contributed by atoms with Gasteiger partial charge >= 0.3 is 12.1 Å². The van der Waals surface area contributed by atoms with E-state index < -0.39 is 17.7 Å². The highest BCUT2D eigenvalue weighted by atomic mass is 32.1. The Balaban J connectivity index is 2.50. The number of rotatable bonds is 3. The summed E-state index contributed by atoms with van der Waals surface area (Å²) in [5.41, 5.74) is 1.30. The van der Waals surface area contributed by atoms with Gasteiger partial charge in [0.15, 0.2) is 0 Å². The molecule has 0 aliphatic rings. The third kappa shape index (κ3) is 4.11. The molecule has 0 atom stereocenters. The molecule has 0 aliphatic heterocycles. The van der Waals surface area contributed by atoms with Crippen LogP contribution in [0, 0.1) is 13.8 Å². The number of amides is 1. The van der Waals surface area contributed by atoms with Crippen LogP contribution in [-0.2, 0) is 4.74 Å². The topological polar surface area (TPSA) is 79.7 Å². The number of hydrogen-bond acceptors (Lipinski definition) is 5. The van der Waals surface area contributed by atoms with Gasteiger partial charge < -0.3 is 9.84 Å². The maximum absolute atomic E-state index is 12.7. The van der Waals surface area contributed by atoms with Crippen molar-refractivity contribution in [3.05, 3.63) is 40.4 Å². The van der Waals surface area contributed by atoms with Crippen molar-refractivity contribution in [2.24, 2.45) is 0 Å². The molecule has 6 nitrogen and oxygen atoms in total. The Morgan fingerprint density at radius 3 is 2.21 bits per heavy atom. The molecule has 1 amide bonds. The minimum atomic E-state index is -1.07. The Kier molecular flexibility index (Phi) is 4.94. The molecule has 1 N–H and O–H groups in total. The second-order valence-electron chi connectivity index (χ2n) is 6.37. The first-order valence-electron chi connectivity index (χ1n) is 7.39. The number of carboxylic acids is 1. The molecule has 0 radical (unpaired) electrons. The molecule has 0 fully saturated rings. The summed E-state index contributed by atoms with van der Waals surface area (Å²) in [6, 6.07) is 7.28. The first kappa shape index (κ1) is 17.9. The highest BCUT2D eigenvalue weighted by molar-refractivity contribution is 7.17. The van der Waals surface area contributed by atoms with Crippen LogP contribution in [-0.4, -0.2) is 27.8 Å². The normalized spacial score (nSPS) is 11.2. The van der Waals surface area contributed by atoms with Crippen LogP contribution in [0.4, 0.5) is 15.6 Å². The van der Waals surface area contributed by atoms with E-state index in [0.717, 1.165) is 16.9 Å². The number of carbonyl (C=O) groups is 2. The number of thiazole rings is 1. The Hall–Kier alpha value is -2.41. The van der Waals surface area contributed by atoms with Gasteiger partial charge in [-0.15, -0.1) is 0 Å². The predicted molar refractivity (Wildman–Crippen MR) is 93.4 cm³/mol. The highest BCUT2D eigenvalue weighted by Crippen LogP contribution is 2.33. The number of benzene rings is 1. The van der Waals surface area contributed by atoms with Gasteiger partial charge in [0.1, 0.15) is 10.5 Å². The van der Waals surface area contributed by atoms with Gasteiger partial charge in [0.2, 0.25) is 5.13 Å². The van der Waals surface area contributed by atoms with Crippen molar-refractivity contribution in [2.75, 3.05) is 4.90 Å². The largest absolute Gasteiger partial charge is 0.477 e. The lowest BCUT2D eigenvalue weighted by atomic mass is 10.2. The van der Waals surface area contributed by atoms with Crippen molar-refractivity contribution in [1.82, 2.24) is 4.98 Å². The monoisotopic (exact) mass is 348 g/mol. The van der Waals surface area contributed by atoms with Crippen molar-refractivity contribution in [3.63, 3.8) is 0 Å². The van der Waals surface area contributed by atoms with Crippen LogP contribution in [0.2, 0.25) is 0 Å². The van der Waals surface area contributed by atoms with Crippen molar-refractivity contribution in [1.29, 1.82) is 0 Å². The van der Waals surface area contributed by atoms with E-state index in [4.69, 9.17) is 4.74 Å². The molecule has 7 heteroatoms. The van der Waals surface area contributed by atoms with Gasteiger partial charge in [-0.25, -0.2) is 19.5 Å². The third-order valence-electron chi connectivity index (χ3n) is 3.04. The number of aromatic carboxylic acids is 1. The lowest BCUT2D eigenvalue weighted by molar-refractivity contribution is 0.0598. The van der Waals surface area contributed by atoms with Crippen LogP contribution in [0.1, 0.15) is 41.7 Å². The average Bonchev–Trinajstić information content (AvgIpc) is 2.81. The van der Waals surface area contributed by atoms with Gasteiger partial charge in [-0.2, -0.15) is 0 Å². The van der Waals surface area contributed by atoms with Gasteiger partial charge in [0, 0.05) is 0 Å². The zero-order valence-corrected chi connectivity index (χ0v) is 15.1. The Labute approximate surface area is 144 Å². The van der Waals surface area contributed by atoms with Crippen molar-refractivity contribution < 1.29 is 19.4 Å². The molecule has 0 unspecified atom stereocenters. The highest BCUT2D eigenvalue weighted by Gasteiger charge is 2.28. The first-order chi connectivity index (χ1) is 11.1. The Morgan fingerprint density at radius 2 is 1.75 bits per heavy atom. The molecule has 0 saturated heterocycles. The maximum Gasteiger partial charge on any atom is 0.421 e. The molecule has 1 heterocycles. The SMILES string of the molecule is Cc1ccc(N(C(=O)OC(C)(C)C)c2nc(C)c(C(=O)O)s2)cc1. The number of aryl methyl sites for hydroxylation is 2. The third-order valence-corrected chi connectivity index (χ3v) is 4.17. The van der Waals surface area contributed by atoms with E-state index in [1.807, 2.05) is 19.1 Å². The molecule has 1 aromatic heterocycles. The Morgan fingerprint density at radius 1 is 1.17 bits per heavy atom. The van der Waals surface area contributed by atoms with Crippen LogP contribution >= 0.6 is 11.3 Å². The molecule has 1 aromatic carbocycles. The minimum Gasteiger partial charge on any atom is -0.477 e. The summed E-state index contributed by atoms with van der Waals surface area (Å²) in [7, 11) is 0. The van der Waals surface area contributed by atoms with E-state index in [9.17, 15) is 14.7 Å². The van der Waals surface area contributed by atoms with E-state index in [2.05, 4.69) is 4.98 Å². The molecule has 0 bridgehead atoms. The molecular weight excluding hydrogens is 328 g/mol. The molecule has 128 valence electrons. The molecule has 0 spiro atoms. The molecule has 2 aromatic rings. The van der Waals surface area contributed by atoms with Crippen LogP contribution in [0.5, 0.6) is 0 Å². The zero-order valence-electron chi connectivity index (χ0n) is 14.3. The predicted octanol–water partition coefficient (Wildman–Crippen LogP) is 4.53. The summed E-state index contributed by atoms with van der Waals surface area (Å²) < 4.78 is 5.45. The first-order valence-corrected chi connectivity index (χ1v) is 8.20. The van der Waals surface area contributed by atoms with Gasteiger partial charge in [-0.3, -0.25) is 0 Å². The summed E-state index contributed by atoms with van der Waals surface area (Å²) in [6.07, 6.45) is -0.600. The number of anilines is 2. The molecular formula is C17H20N2O4S. The van der Waals surface area contributed by atoms with Crippen LogP contribution in [0.3, 0.4) is 0 Å². The number of carboxylic acid groups (broad SMARTS) is 1. The van der Waals surface area contributed by atoms with Crippen LogP contribution in [0.15, 0.2) is 24.3 Å². The lowest BCUT2D eigenvalue weighted by Crippen LogP contribution is -2.33.